The summed E-state index contributed by atoms with van der Waals surface area (Å²) in [6.07, 6.45) is 1.95. The van der Waals surface area contributed by atoms with Crippen molar-refractivity contribution in [2.45, 2.75) is 6.54 Å². The van der Waals surface area contributed by atoms with E-state index in [4.69, 9.17) is 0 Å². The van der Waals surface area contributed by atoms with Crippen LogP contribution in [0.25, 0.3) is 0 Å². The van der Waals surface area contributed by atoms with Gasteiger partial charge in [0.1, 0.15) is 0 Å². The van der Waals surface area contributed by atoms with E-state index in [0.29, 0.717) is 12.1 Å². The summed E-state index contributed by atoms with van der Waals surface area (Å²) in [5.74, 6) is -0.0932. The molecule has 18 heavy (non-hydrogen) atoms. The van der Waals surface area contributed by atoms with Gasteiger partial charge in [-0.15, -0.1) is 0 Å². The van der Waals surface area contributed by atoms with Crippen LogP contribution in [0, 0.1) is 0 Å². The van der Waals surface area contributed by atoms with Gasteiger partial charge in [-0.2, -0.15) is 0 Å². The van der Waals surface area contributed by atoms with Gasteiger partial charge < -0.3 is 9.88 Å². The van der Waals surface area contributed by atoms with E-state index in [1.165, 1.54) is 0 Å². The van der Waals surface area contributed by atoms with Crippen molar-refractivity contribution in [3.63, 3.8) is 0 Å². The Labute approximate surface area is 122 Å². The zero-order valence-corrected chi connectivity index (χ0v) is 13.0. The van der Waals surface area contributed by atoms with Crippen molar-refractivity contribution in [3.8, 4) is 0 Å². The standard InChI is InChI=1S/C13H12Br2N2O/c1-17-6-2-3-10(17)8-16-13(18)11-7-9(14)4-5-12(11)15/h2-7H,8H2,1H3,(H,16,18). The largest absolute Gasteiger partial charge is 0.353 e. The van der Waals surface area contributed by atoms with Crippen molar-refractivity contribution < 1.29 is 4.79 Å². The molecule has 1 heterocycles. The number of amides is 1. The van der Waals surface area contributed by atoms with Gasteiger partial charge in [0.25, 0.3) is 5.91 Å². The molecule has 0 radical (unpaired) electrons. The van der Waals surface area contributed by atoms with E-state index in [1.807, 2.05) is 42.1 Å². The van der Waals surface area contributed by atoms with Crippen LogP contribution in [0.15, 0.2) is 45.5 Å². The first-order valence-corrected chi connectivity index (χ1v) is 7.00. The van der Waals surface area contributed by atoms with E-state index in [1.54, 1.807) is 6.07 Å². The number of aryl methyl sites for hydroxylation is 1. The van der Waals surface area contributed by atoms with Crippen LogP contribution >= 0.6 is 31.9 Å². The highest BCUT2D eigenvalue weighted by Gasteiger charge is 2.10. The van der Waals surface area contributed by atoms with Crippen LogP contribution in [0.3, 0.4) is 0 Å². The number of carbonyl (C=O) groups is 1. The van der Waals surface area contributed by atoms with Crippen LogP contribution in [0.5, 0.6) is 0 Å². The quantitative estimate of drug-likeness (QED) is 0.880. The molecule has 0 unspecified atom stereocenters. The third-order valence-electron chi connectivity index (χ3n) is 2.65. The Morgan fingerprint density at radius 2 is 2.11 bits per heavy atom. The van der Waals surface area contributed by atoms with Gasteiger partial charge in [0.15, 0.2) is 0 Å². The summed E-state index contributed by atoms with van der Waals surface area (Å²) < 4.78 is 3.65. The fourth-order valence-electron chi connectivity index (χ4n) is 1.62. The first-order chi connectivity index (χ1) is 8.58. The zero-order valence-electron chi connectivity index (χ0n) is 9.78. The van der Waals surface area contributed by atoms with Gasteiger partial charge in [0, 0.05) is 27.9 Å². The molecule has 5 heteroatoms. The molecule has 1 N–H and O–H groups in total. The average Bonchev–Trinajstić information content (AvgIpc) is 2.75. The SMILES string of the molecule is Cn1cccc1CNC(=O)c1cc(Br)ccc1Br. The molecule has 3 nitrogen and oxygen atoms in total. The number of benzene rings is 1. The number of carbonyl (C=O) groups excluding carboxylic acids is 1. The third-order valence-corrected chi connectivity index (χ3v) is 3.84. The number of aromatic nitrogens is 1. The number of nitrogens with one attached hydrogen (secondary N) is 1. The molecular weight excluding hydrogens is 360 g/mol. The Morgan fingerprint density at radius 1 is 1.33 bits per heavy atom. The lowest BCUT2D eigenvalue weighted by Gasteiger charge is -2.08. The van der Waals surface area contributed by atoms with Crippen LogP contribution in [0.1, 0.15) is 16.1 Å². The predicted octanol–water partition coefficient (Wildman–Crippen LogP) is 3.48. The summed E-state index contributed by atoms with van der Waals surface area (Å²) in [7, 11) is 1.95. The van der Waals surface area contributed by atoms with Gasteiger partial charge in [-0.3, -0.25) is 4.79 Å². The van der Waals surface area contributed by atoms with E-state index < -0.39 is 0 Å². The number of rotatable bonds is 3. The summed E-state index contributed by atoms with van der Waals surface area (Å²) in [5.41, 5.74) is 1.69. The molecule has 2 aromatic rings. The number of hydrogen-bond donors (Lipinski definition) is 1. The van der Waals surface area contributed by atoms with Crippen molar-refractivity contribution >= 4 is 37.8 Å². The van der Waals surface area contributed by atoms with Crippen LogP contribution in [-0.4, -0.2) is 10.5 Å². The van der Waals surface area contributed by atoms with Crippen molar-refractivity contribution in [2.75, 3.05) is 0 Å². The Kier molecular flexibility index (Phi) is 4.24. The molecule has 0 saturated carbocycles. The Hall–Kier alpha value is -1.07. The second-order valence-corrected chi connectivity index (χ2v) is 5.69. The first kappa shape index (κ1) is 13.4. The van der Waals surface area contributed by atoms with E-state index >= 15 is 0 Å². The van der Waals surface area contributed by atoms with E-state index in [-0.39, 0.29) is 5.91 Å². The van der Waals surface area contributed by atoms with E-state index in [9.17, 15) is 4.79 Å². The van der Waals surface area contributed by atoms with Crippen molar-refractivity contribution in [1.29, 1.82) is 0 Å². The van der Waals surface area contributed by atoms with Crippen molar-refractivity contribution in [2.24, 2.45) is 7.05 Å². The van der Waals surface area contributed by atoms with E-state index in [2.05, 4.69) is 37.2 Å². The topological polar surface area (TPSA) is 34.0 Å². The average molecular weight is 372 g/mol. The van der Waals surface area contributed by atoms with Gasteiger partial charge in [0.2, 0.25) is 0 Å². The normalized spacial score (nSPS) is 10.4. The monoisotopic (exact) mass is 370 g/mol. The summed E-state index contributed by atoms with van der Waals surface area (Å²) in [4.78, 5) is 12.1. The van der Waals surface area contributed by atoms with Crippen LogP contribution in [0.2, 0.25) is 0 Å². The molecule has 0 saturated heterocycles. The minimum absolute atomic E-state index is 0.0932. The highest BCUT2D eigenvalue weighted by Crippen LogP contribution is 2.21. The van der Waals surface area contributed by atoms with Crippen LogP contribution in [0.4, 0.5) is 0 Å². The third kappa shape index (κ3) is 3.03. The second-order valence-electron chi connectivity index (χ2n) is 3.92. The van der Waals surface area contributed by atoms with Crippen molar-refractivity contribution in [3.05, 3.63) is 56.7 Å². The molecule has 94 valence electrons. The molecule has 0 fully saturated rings. The zero-order chi connectivity index (χ0) is 13.1. The maximum absolute atomic E-state index is 12.1. The van der Waals surface area contributed by atoms with Crippen LogP contribution < -0.4 is 5.32 Å². The lowest BCUT2D eigenvalue weighted by Crippen LogP contribution is -2.24. The lowest BCUT2D eigenvalue weighted by molar-refractivity contribution is 0.0949. The summed E-state index contributed by atoms with van der Waals surface area (Å²) in [5, 5.41) is 2.90. The smallest absolute Gasteiger partial charge is 0.252 e. The van der Waals surface area contributed by atoms with E-state index in [0.717, 1.165) is 14.6 Å². The Bertz CT molecular complexity index is 578. The molecule has 2 rings (SSSR count). The fraction of sp³-hybridized carbons (Fsp3) is 0.154. The maximum atomic E-state index is 12.1. The lowest BCUT2D eigenvalue weighted by atomic mass is 10.2. The molecule has 0 aliphatic rings. The molecule has 0 aliphatic carbocycles. The maximum Gasteiger partial charge on any atom is 0.252 e. The predicted molar refractivity (Wildman–Crippen MR) is 78.4 cm³/mol. The number of halogens is 2. The molecule has 1 amide bonds. The first-order valence-electron chi connectivity index (χ1n) is 5.41. The minimum atomic E-state index is -0.0932. The molecule has 1 aromatic heterocycles. The van der Waals surface area contributed by atoms with Gasteiger partial charge in [-0.25, -0.2) is 0 Å². The fourth-order valence-corrected chi connectivity index (χ4v) is 2.41. The molecular formula is C13H12Br2N2O. The Morgan fingerprint density at radius 3 is 2.78 bits per heavy atom. The molecule has 0 aliphatic heterocycles. The summed E-state index contributed by atoms with van der Waals surface area (Å²) >= 11 is 6.74. The second kappa shape index (κ2) is 5.71. The summed E-state index contributed by atoms with van der Waals surface area (Å²) in [6, 6.07) is 9.47. The molecule has 0 bridgehead atoms. The van der Waals surface area contributed by atoms with Gasteiger partial charge >= 0.3 is 0 Å². The summed E-state index contributed by atoms with van der Waals surface area (Å²) in [6.45, 7) is 0.515. The molecule has 0 spiro atoms. The van der Waals surface area contributed by atoms with Crippen molar-refractivity contribution in [1.82, 2.24) is 9.88 Å². The number of nitrogens with zero attached hydrogens (tertiary/aromatic N) is 1. The van der Waals surface area contributed by atoms with Crippen LogP contribution in [-0.2, 0) is 13.6 Å². The Balaban J connectivity index is 2.08. The number of hydrogen-bond acceptors (Lipinski definition) is 1. The molecule has 1 aromatic carbocycles. The van der Waals surface area contributed by atoms with Gasteiger partial charge in [-0.05, 0) is 46.3 Å². The van der Waals surface area contributed by atoms with Gasteiger partial charge in [-0.1, -0.05) is 15.9 Å². The molecule has 0 atom stereocenters. The van der Waals surface area contributed by atoms with Gasteiger partial charge in [0.05, 0.1) is 12.1 Å². The highest BCUT2D eigenvalue weighted by molar-refractivity contribution is 9.11. The highest BCUT2D eigenvalue weighted by atomic mass is 79.9. The minimum Gasteiger partial charge on any atom is -0.353 e.